The van der Waals surface area contributed by atoms with E-state index in [-0.39, 0.29) is 0 Å². The lowest BCUT2D eigenvalue weighted by Crippen LogP contribution is -2.12. The summed E-state index contributed by atoms with van der Waals surface area (Å²) in [5, 5.41) is 19.0. The second-order valence-corrected chi connectivity index (χ2v) is 30.9. The SMILES string of the molecule is c1ccc(N(c2ccc(-c3cc4cc(-c5ccc6c(c5)c5ccccc5n6-c5ccc(N(c6ccccc6-c6ccc7c(ccc8ccccc87)c6)c6ccccc6-c6cccc7oc8ccccc8c67)cc5)ccc4c4ccccc34)cc2)c2ccc(-n3c4ccccc4c4ccccc43)cc2)c(-c2cccc3oc4ccccc4c23)c1. The molecule has 118 heavy (non-hydrogen) atoms. The van der Waals surface area contributed by atoms with Gasteiger partial charge in [-0.05, 0) is 234 Å². The Labute approximate surface area is 679 Å². The van der Waals surface area contributed by atoms with Crippen LogP contribution in [-0.4, -0.2) is 9.13 Å². The van der Waals surface area contributed by atoms with Gasteiger partial charge in [0.15, 0.2) is 0 Å². The summed E-state index contributed by atoms with van der Waals surface area (Å²) in [6.45, 7) is 0. The Hall–Kier alpha value is -15.8. The number of fused-ring (bicyclic) bond motifs is 18. The van der Waals surface area contributed by atoms with Gasteiger partial charge >= 0.3 is 0 Å². The number of hydrogen-bond donors (Lipinski definition) is 0. The lowest BCUT2D eigenvalue weighted by atomic mass is 9.91. The van der Waals surface area contributed by atoms with Gasteiger partial charge in [-0.25, -0.2) is 0 Å². The van der Waals surface area contributed by atoms with E-state index in [4.69, 9.17) is 8.83 Å². The Morgan fingerprint density at radius 3 is 1.14 bits per heavy atom. The number of hydrogen-bond acceptors (Lipinski definition) is 4. The van der Waals surface area contributed by atoms with Crippen LogP contribution in [0.15, 0.2) is 433 Å². The first-order chi connectivity index (χ1) is 58.5. The van der Waals surface area contributed by atoms with Gasteiger partial charge in [0.05, 0.1) is 39.1 Å². The first-order valence-electron chi connectivity index (χ1n) is 40.4. The number of aromatic nitrogens is 2. The molecule has 4 aromatic heterocycles. The monoisotopic (exact) mass is 1500 g/mol. The number of para-hydroxylation sites is 8. The molecule has 0 saturated carbocycles. The molecule has 6 nitrogen and oxygen atoms in total. The van der Waals surface area contributed by atoms with Gasteiger partial charge in [0, 0.05) is 88.2 Å². The van der Waals surface area contributed by atoms with Crippen molar-refractivity contribution in [3.63, 3.8) is 0 Å². The van der Waals surface area contributed by atoms with Crippen molar-refractivity contribution >= 4 is 165 Å². The van der Waals surface area contributed by atoms with Crippen molar-refractivity contribution in [2.75, 3.05) is 9.80 Å². The summed E-state index contributed by atoms with van der Waals surface area (Å²) < 4.78 is 17.9. The van der Waals surface area contributed by atoms with Crippen molar-refractivity contribution in [2.45, 2.75) is 0 Å². The predicted molar refractivity (Wildman–Crippen MR) is 496 cm³/mol. The van der Waals surface area contributed by atoms with Gasteiger partial charge in [-0.3, -0.25) is 0 Å². The molecule has 0 amide bonds. The number of furan rings is 2. The molecule has 0 spiro atoms. The summed E-state index contributed by atoms with van der Waals surface area (Å²) >= 11 is 0. The molecular formula is C112H70N4O2. The van der Waals surface area contributed by atoms with Crippen LogP contribution in [0, 0.1) is 0 Å². The minimum absolute atomic E-state index is 0.860. The maximum absolute atomic E-state index is 6.56. The largest absolute Gasteiger partial charge is 0.456 e. The standard InChI is InChI=1S/C112H70N4O2/c1-2-24-83-71(23-1)47-48-75-68-76(52-65-84(75)83)86-25-5-13-37-100(86)114(104-41-17-9-31-92(104)95-36-22-46-110-112(95)97-34-12-20-44-108(97)118-110)80-60-62-82(63-61-80)116-105-42-18-10-32-93(105)99-69-74(53-66-106(99)116)73-51-64-85-77(67-73)70-98(88-27-4-3-26-87(85)88)72-49-54-78(55-50-72)113(79-56-58-81(59-57-79)115-102-39-15-6-28-89(102)90-29-7-16-40-103(90)115)101-38-14-8-30-91(101)94-35-21-45-109-111(94)96-33-11-19-43-107(96)117-109/h1-70H. The lowest BCUT2D eigenvalue weighted by Gasteiger charge is -2.30. The molecule has 0 N–H and O–H groups in total. The first kappa shape index (κ1) is 66.8. The van der Waals surface area contributed by atoms with Crippen molar-refractivity contribution in [2.24, 2.45) is 0 Å². The second-order valence-electron chi connectivity index (χ2n) is 30.9. The minimum atomic E-state index is 0.860. The van der Waals surface area contributed by atoms with Gasteiger partial charge in [-0.1, -0.05) is 273 Å². The Bertz CT molecular complexity index is 8150. The zero-order chi connectivity index (χ0) is 77.5. The van der Waals surface area contributed by atoms with Crippen molar-refractivity contribution in [3.8, 4) is 67.0 Å². The van der Waals surface area contributed by atoms with E-state index < -0.39 is 0 Å². The average Bonchev–Trinajstić information content (AvgIpc) is 1.65. The zero-order valence-electron chi connectivity index (χ0n) is 64.0. The molecule has 24 rings (SSSR count). The van der Waals surface area contributed by atoms with Crippen LogP contribution in [-0.2, 0) is 0 Å². The zero-order valence-corrected chi connectivity index (χ0v) is 64.0. The molecule has 0 aliphatic rings. The second kappa shape index (κ2) is 27.0. The molecule has 0 atom stereocenters. The topological polar surface area (TPSA) is 42.6 Å². The van der Waals surface area contributed by atoms with Crippen molar-refractivity contribution in [1.29, 1.82) is 0 Å². The van der Waals surface area contributed by atoms with Gasteiger partial charge < -0.3 is 27.8 Å². The fourth-order valence-corrected chi connectivity index (χ4v) is 19.2. The smallest absolute Gasteiger partial charge is 0.136 e. The van der Waals surface area contributed by atoms with Crippen LogP contribution >= 0.6 is 0 Å². The highest BCUT2D eigenvalue weighted by Gasteiger charge is 2.27. The van der Waals surface area contributed by atoms with E-state index in [1.807, 2.05) is 12.1 Å². The fraction of sp³-hybridized carbons (Fsp3) is 0. The highest BCUT2D eigenvalue weighted by molar-refractivity contribution is 6.19. The molecule has 20 aromatic carbocycles. The normalized spacial score (nSPS) is 11.9. The van der Waals surface area contributed by atoms with Crippen molar-refractivity contribution < 1.29 is 8.83 Å². The molecule has 0 aliphatic carbocycles. The van der Waals surface area contributed by atoms with Crippen LogP contribution in [0.1, 0.15) is 0 Å². The van der Waals surface area contributed by atoms with Crippen LogP contribution in [0.2, 0.25) is 0 Å². The average molecular weight is 1500 g/mol. The highest BCUT2D eigenvalue weighted by Crippen LogP contribution is 2.51. The summed E-state index contributed by atoms with van der Waals surface area (Å²) in [5.41, 5.74) is 27.8. The van der Waals surface area contributed by atoms with Crippen LogP contribution in [0.3, 0.4) is 0 Å². The third kappa shape index (κ3) is 10.7. The molecule has 6 heteroatoms. The quantitative estimate of drug-likeness (QED) is 0.108. The molecular weight excluding hydrogens is 1430 g/mol. The predicted octanol–water partition coefficient (Wildman–Crippen LogP) is 31.6. The van der Waals surface area contributed by atoms with E-state index >= 15 is 0 Å². The van der Waals surface area contributed by atoms with E-state index in [0.29, 0.717) is 0 Å². The number of benzene rings is 20. The van der Waals surface area contributed by atoms with Crippen LogP contribution in [0.5, 0.6) is 0 Å². The molecule has 550 valence electrons. The van der Waals surface area contributed by atoms with E-state index in [1.165, 1.54) is 81.2 Å². The lowest BCUT2D eigenvalue weighted by molar-refractivity contribution is 0.668. The molecule has 0 unspecified atom stereocenters. The summed E-state index contributed by atoms with van der Waals surface area (Å²) in [6.07, 6.45) is 0. The molecule has 0 saturated heterocycles. The van der Waals surface area contributed by atoms with E-state index in [0.717, 1.165) is 150 Å². The van der Waals surface area contributed by atoms with Crippen LogP contribution in [0.25, 0.3) is 198 Å². The highest BCUT2D eigenvalue weighted by atomic mass is 16.3. The van der Waals surface area contributed by atoms with Gasteiger partial charge in [0.25, 0.3) is 0 Å². The fourth-order valence-electron chi connectivity index (χ4n) is 19.2. The number of nitrogens with zero attached hydrogens (tertiary/aromatic N) is 4. The van der Waals surface area contributed by atoms with Gasteiger partial charge in [-0.15, -0.1) is 0 Å². The Morgan fingerprint density at radius 2 is 0.551 bits per heavy atom. The van der Waals surface area contributed by atoms with Gasteiger partial charge in [0.2, 0.25) is 0 Å². The summed E-state index contributed by atoms with van der Waals surface area (Å²) in [7, 11) is 0. The number of anilines is 6. The maximum Gasteiger partial charge on any atom is 0.136 e. The number of rotatable bonds is 13. The van der Waals surface area contributed by atoms with Gasteiger partial charge in [0.1, 0.15) is 22.3 Å². The molecule has 0 fully saturated rings. The summed E-state index contributed by atoms with van der Waals surface area (Å²) in [5.74, 6) is 0. The molecule has 0 bridgehead atoms. The Kier molecular flexibility index (Phi) is 15.3. The minimum Gasteiger partial charge on any atom is -0.456 e. The molecule has 24 aromatic rings. The summed E-state index contributed by atoms with van der Waals surface area (Å²) in [6, 6.07) is 155. The van der Waals surface area contributed by atoms with E-state index in [2.05, 4.69) is 431 Å². The first-order valence-corrected chi connectivity index (χ1v) is 40.4. The molecule has 4 heterocycles. The molecule has 0 aliphatic heterocycles. The van der Waals surface area contributed by atoms with Crippen molar-refractivity contribution in [1.82, 2.24) is 9.13 Å². The third-order valence-electron chi connectivity index (χ3n) is 24.5. The summed E-state index contributed by atoms with van der Waals surface area (Å²) in [4.78, 5) is 4.88. The van der Waals surface area contributed by atoms with E-state index in [9.17, 15) is 0 Å². The third-order valence-corrected chi connectivity index (χ3v) is 24.5. The van der Waals surface area contributed by atoms with E-state index in [1.54, 1.807) is 0 Å². The van der Waals surface area contributed by atoms with Crippen molar-refractivity contribution in [3.05, 3.63) is 425 Å². The van der Waals surface area contributed by atoms with Crippen LogP contribution < -0.4 is 9.80 Å². The van der Waals surface area contributed by atoms with Gasteiger partial charge in [-0.2, -0.15) is 0 Å². The maximum atomic E-state index is 6.56. The van der Waals surface area contributed by atoms with Crippen LogP contribution in [0.4, 0.5) is 34.1 Å². The Morgan fingerprint density at radius 1 is 0.178 bits per heavy atom. The Balaban J connectivity index is 0.602. The molecule has 0 radical (unpaired) electrons.